The van der Waals surface area contributed by atoms with E-state index in [0.717, 1.165) is 30.7 Å². The van der Waals surface area contributed by atoms with Crippen LogP contribution in [0.2, 0.25) is 0 Å². The number of aliphatic hydroxyl groups excluding tert-OH is 1. The Hall–Kier alpha value is -2.98. The molecule has 2 atom stereocenters. The number of fused-ring (bicyclic) bond motifs is 1. The number of halogens is 3. The maximum absolute atomic E-state index is 13.3. The molecule has 1 aliphatic heterocycles. The molecule has 2 fully saturated rings. The maximum atomic E-state index is 13.3. The zero-order chi connectivity index (χ0) is 22.5. The molecule has 2 unspecified atom stereocenters. The summed E-state index contributed by atoms with van der Waals surface area (Å²) in [7, 11) is 0. The smallest absolute Gasteiger partial charge is 0.388 e. The van der Waals surface area contributed by atoms with Crippen LogP contribution < -0.4 is 5.32 Å². The lowest BCUT2D eigenvalue weighted by atomic mass is 9.81. The van der Waals surface area contributed by atoms with Crippen molar-refractivity contribution in [3.8, 4) is 0 Å². The van der Waals surface area contributed by atoms with Gasteiger partial charge >= 0.3 is 6.18 Å². The fourth-order valence-corrected chi connectivity index (χ4v) is 4.20. The normalized spacial score (nSPS) is 23.9. The standard InChI is InChI=1S/C22H21F3N4O3/c23-22(24,25)17-4-3-15(10-26-17)21(6-8-32-12-18(21)30)28-20(31)16-5-7-29-11-14(13-1-2-13)9-27-19(16)29/h3-5,7,9-11,13,18,30H,1-2,6,8,12H2,(H,28,31). The number of hydrogen-bond donors (Lipinski definition) is 2. The third-order valence-electron chi connectivity index (χ3n) is 6.20. The van der Waals surface area contributed by atoms with Gasteiger partial charge in [-0.15, -0.1) is 0 Å². The molecule has 0 aromatic carbocycles. The molecule has 3 aromatic rings. The van der Waals surface area contributed by atoms with Crippen LogP contribution in [0.5, 0.6) is 0 Å². The van der Waals surface area contributed by atoms with Gasteiger partial charge in [0, 0.05) is 37.8 Å². The van der Waals surface area contributed by atoms with E-state index >= 15 is 0 Å². The number of alkyl halides is 3. The van der Waals surface area contributed by atoms with Gasteiger partial charge in [0.25, 0.3) is 5.91 Å². The van der Waals surface area contributed by atoms with Crippen LogP contribution in [0.15, 0.2) is 43.0 Å². The molecule has 1 saturated carbocycles. The number of amides is 1. The summed E-state index contributed by atoms with van der Waals surface area (Å²) in [5, 5.41) is 13.6. The van der Waals surface area contributed by atoms with E-state index in [-0.39, 0.29) is 25.2 Å². The Morgan fingerprint density at radius 2 is 2.03 bits per heavy atom. The van der Waals surface area contributed by atoms with Crippen molar-refractivity contribution in [2.24, 2.45) is 0 Å². The highest BCUT2D eigenvalue weighted by molar-refractivity contribution is 6.00. The van der Waals surface area contributed by atoms with Crippen LogP contribution in [0.3, 0.4) is 0 Å². The third-order valence-corrected chi connectivity index (χ3v) is 6.20. The number of ether oxygens (including phenoxy) is 1. The van der Waals surface area contributed by atoms with Crippen LogP contribution in [0.25, 0.3) is 5.65 Å². The molecule has 32 heavy (non-hydrogen) atoms. The summed E-state index contributed by atoms with van der Waals surface area (Å²) >= 11 is 0. The fraction of sp³-hybridized carbons (Fsp3) is 0.409. The van der Waals surface area contributed by atoms with Crippen LogP contribution in [0, 0.1) is 0 Å². The second-order valence-electron chi connectivity index (χ2n) is 8.32. The molecule has 4 heterocycles. The Morgan fingerprint density at radius 3 is 2.69 bits per heavy atom. The van der Waals surface area contributed by atoms with Crippen molar-refractivity contribution in [1.29, 1.82) is 0 Å². The maximum Gasteiger partial charge on any atom is 0.433 e. The van der Waals surface area contributed by atoms with Crippen molar-refractivity contribution in [1.82, 2.24) is 19.7 Å². The van der Waals surface area contributed by atoms with Gasteiger partial charge in [-0.3, -0.25) is 9.78 Å². The molecule has 1 saturated heterocycles. The SMILES string of the molecule is O=C(NC1(c2ccc(C(F)(F)F)nc2)CCOCC1O)c1ccn2cc(C3CC3)cnc12. The van der Waals surface area contributed by atoms with Gasteiger partial charge in [0.15, 0.2) is 0 Å². The second kappa shape index (κ2) is 7.56. The molecule has 168 valence electrons. The summed E-state index contributed by atoms with van der Waals surface area (Å²) in [6.45, 7) is 0.151. The number of nitrogens with one attached hydrogen (secondary N) is 1. The summed E-state index contributed by atoms with van der Waals surface area (Å²) in [6, 6.07) is 3.72. The molecule has 7 nitrogen and oxygen atoms in total. The Kier molecular flexibility index (Phi) is 4.94. The molecule has 3 aromatic heterocycles. The van der Waals surface area contributed by atoms with Crippen LogP contribution in [0.4, 0.5) is 13.2 Å². The summed E-state index contributed by atoms with van der Waals surface area (Å²) in [6.07, 6.45) is 3.21. The highest BCUT2D eigenvalue weighted by atomic mass is 19.4. The minimum Gasteiger partial charge on any atom is -0.388 e. The zero-order valence-corrected chi connectivity index (χ0v) is 17.0. The van der Waals surface area contributed by atoms with Gasteiger partial charge in [-0.1, -0.05) is 6.07 Å². The van der Waals surface area contributed by atoms with E-state index in [4.69, 9.17) is 4.74 Å². The van der Waals surface area contributed by atoms with E-state index in [9.17, 15) is 23.1 Å². The van der Waals surface area contributed by atoms with Gasteiger partial charge in [-0.2, -0.15) is 13.2 Å². The molecular weight excluding hydrogens is 425 g/mol. The Balaban J connectivity index is 1.48. The predicted octanol–water partition coefficient (Wildman–Crippen LogP) is 3.03. The average Bonchev–Trinajstić information content (AvgIpc) is 3.53. The summed E-state index contributed by atoms with van der Waals surface area (Å²) in [5.41, 5.74) is -0.207. The van der Waals surface area contributed by atoms with E-state index in [1.165, 1.54) is 6.07 Å². The molecule has 2 N–H and O–H groups in total. The van der Waals surface area contributed by atoms with E-state index in [1.807, 2.05) is 6.20 Å². The van der Waals surface area contributed by atoms with E-state index in [1.54, 1.807) is 22.9 Å². The molecule has 5 rings (SSSR count). The molecular formula is C22H21F3N4O3. The molecule has 0 spiro atoms. The molecule has 0 radical (unpaired) electrons. The van der Waals surface area contributed by atoms with Crippen LogP contribution in [0.1, 0.15) is 52.4 Å². The number of aromatic nitrogens is 3. The first kappa shape index (κ1) is 20.9. The van der Waals surface area contributed by atoms with Crippen molar-refractivity contribution in [2.75, 3.05) is 13.2 Å². The molecule has 2 aliphatic rings. The van der Waals surface area contributed by atoms with Crippen molar-refractivity contribution >= 4 is 11.6 Å². The number of rotatable bonds is 4. The highest BCUT2D eigenvalue weighted by Gasteiger charge is 2.45. The van der Waals surface area contributed by atoms with Gasteiger partial charge in [0.2, 0.25) is 0 Å². The Labute approximate surface area is 181 Å². The first-order valence-electron chi connectivity index (χ1n) is 10.4. The van der Waals surface area contributed by atoms with Crippen LogP contribution in [-0.2, 0) is 16.5 Å². The van der Waals surface area contributed by atoms with Gasteiger partial charge in [-0.25, -0.2) is 4.98 Å². The van der Waals surface area contributed by atoms with E-state index in [2.05, 4.69) is 15.3 Å². The second-order valence-corrected chi connectivity index (χ2v) is 8.32. The number of hydrogen-bond acceptors (Lipinski definition) is 5. The Morgan fingerprint density at radius 1 is 1.22 bits per heavy atom. The minimum atomic E-state index is -4.58. The van der Waals surface area contributed by atoms with Gasteiger partial charge in [-0.05, 0) is 42.0 Å². The van der Waals surface area contributed by atoms with Crippen LogP contribution in [-0.4, -0.2) is 44.7 Å². The monoisotopic (exact) mass is 446 g/mol. The summed E-state index contributed by atoms with van der Waals surface area (Å²) in [4.78, 5) is 21.2. The summed E-state index contributed by atoms with van der Waals surface area (Å²) in [5.74, 6) is 0.0272. The molecule has 0 bridgehead atoms. The van der Waals surface area contributed by atoms with E-state index < -0.39 is 29.4 Å². The number of aliphatic hydroxyl groups is 1. The largest absolute Gasteiger partial charge is 0.433 e. The lowest BCUT2D eigenvalue weighted by molar-refractivity contribution is -0.141. The summed E-state index contributed by atoms with van der Waals surface area (Å²) < 4.78 is 45.9. The first-order valence-corrected chi connectivity index (χ1v) is 10.4. The van der Waals surface area contributed by atoms with Crippen LogP contribution >= 0.6 is 0 Å². The van der Waals surface area contributed by atoms with Crippen molar-refractivity contribution < 1.29 is 27.8 Å². The number of nitrogens with zero attached hydrogens (tertiary/aromatic N) is 3. The highest BCUT2D eigenvalue weighted by Crippen LogP contribution is 2.40. The van der Waals surface area contributed by atoms with Gasteiger partial charge in [0.05, 0.1) is 17.7 Å². The zero-order valence-electron chi connectivity index (χ0n) is 17.0. The van der Waals surface area contributed by atoms with Gasteiger partial charge < -0.3 is 19.6 Å². The lowest BCUT2D eigenvalue weighted by Crippen LogP contribution is -2.58. The average molecular weight is 446 g/mol. The quantitative estimate of drug-likeness (QED) is 0.643. The van der Waals surface area contributed by atoms with Crippen molar-refractivity contribution in [3.63, 3.8) is 0 Å². The third kappa shape index (κ3) is 3.63. The molecule has 10 heteroatoms. The van der Waals surface area contributed by atoms with Crippen molar-refractivity contribution in [2.45, 2.75) is 43.0 Å². The minimum absolute atomic E-state index is 0.0686. The lowest BCUT2D eigenvalue weighted by Gasteiger charge is -2.42. The number of pyridine rings is 1. The fourth-order valence-electron chi connectivity index (χ4n) is 4.20. The number of carbonyl (C=O) groups excluding carboxylic acids is 1. The topological polar surface area (TPSA) is 88.8 Å². The van der Waals surface area contributed by atoms with Gasteiger partial charge in [0.1, 0.15) is 17.4 Å². The molecule has 1 amide bonds. The first-order chi connectivity index (χ1) is 15.3. The Bertz CT molecular complexity index is 1160. The van der Waals surface area contributed by atoms with Crippen molar-refractivity contribution in [3.05, 3.63) is 65.4 Å². The van der Waals surface area contributed by atoms with E-state index in [0.29, 0.717) is 17.1 Å². The number of carbonyl (C=O) groups is 1. The molecule has 1 aliphatic carbocycles. The predicted molar refractivity (Wildman–Crippen MR) is 107 cm³/mol.